The summed E-state index contributed by atoms with van der Waals surface area (Å²) < 4.78 is 0. The van der Waals surface area contributed by atoms with E-state index < -0.39 is 0 Å². The van der Waals surface area contributed by atoms with Crippen LogP contribution in [0.1, 0.15) is 25.0 Å². The van der Waals surface area contributed by atoms with Gasteiger partial charge in [0.15, 0.2) is 0 Å². The van der Waals surface area contributed by atoms with Crippen LogP contribution in [0.5, 0.6) is 0 Å². The van der Waals surface area contributed by atoms with Gasteiger partial charge in [-0.3, -0.25) is 0 Å². The van der Waals surface area contributed by atoms with E-state index in [1.54, 1.807) is 0 Å². The van der Waals surface area contributed by atoms with E-state index >= 15 is 0 Å². The minimum Gasteiger partial charge on any atom is -0.0613 e. The lowest BCUT2D eigenvalue weighted by Gasteiger charge is -2.11. The number of hydrogen-bond acceptors (Lipinski definition) is 0. The van der Waals surface area contributed by atoms with Crippen molar-refractivity contribution in [3.05, 3.63) is 59.7 Å². The van der Waals surface area contributed by atoms with Crippen LogP contribution >= 0.6 is 0 Å². The number of benzene rings is 3. The maximum Gasteiger partial charge on any atom is -0.0143 e. The van der Waals surface area contributed by atoms with Crippen molar-refractivity contribution in [2.75, 3.05) is 0 Å². The molecular weight excluding hydrogens is 216 g/mol. The van der Waals surface area contributed by atoms with Crippen LogP contribution < -0.4 is 0 Å². The Morgan fingerprint density at radius 1 is 0.889 bits per heavy atom. The standard InChI is InChI=1S/C18H17/c1-3-13-9-10-16-11-14-7-5-6-8-15(14)12-18(16)17(13)4-2/h6-12H,3-4H2,1-2H3. The SMILES string of the molecule is CCc1ccc2cc3c[c]ccc3cc2c1CC. The highest BCUT2D eigenvalue weighted by molar-refractivity contribution is 6.00. The minimum atomic E-state index is 1.10. The Hall–Kier alpha value is -1.82. The van der Waals surface area contributed by atoms with E-state index in [9.17, 15) is 0 Å². The molecule has 0 fully saturated rings. The molecule has 0 spiro atoms. The number of hydrogen-bond donors (Lipinski definition) is 0. The highest BCUT2D eigenvalue weighted by atomic mass is 14.1. The zero-order chi connectivity index (χ0) is 12.5. The van der Waals surface area contributed by atoms with Crippen LogP contribution in [0.2, 0.25) is 0 Å². The maximum absolute atomic E-state index is 3.15. The van der Waals surface area contributed by atoms with E-state index in [-0.39, 0.29) is 0 Å². The Labute approximate surface area is 108 Å². The van der Waals surface area contributed by atoms with E-state index in [1.807, 2.05) is 6.07 Å². The van der Waals surface area contributed by atoms with E-state index in [0.717, 1.165) is 12.8 Å². The first-order valence-corrected chi connectivity index (χ1v) is 6.67. The molecule has 0 N–H and O–H groups in total. The molecule has 0 amide bonds. The molecule has 0 atom stereocenters. The van der Waals surface area contributed by atoms with Crippen molar-refractivity contribution in [3.63, 3.8) is 0 Å². The van der Waals surface area contributed by atoms with Gasteiger partial charge in [-0.15, -0.1) is 0 Å². The Morgan fingerprint density at radius 3 is 2.56 bits per heavy atom. The van der Waals surface area contributed by atoms with Gasteiger partial charge < -0.3 is 0 Å². The van der Waals surface area contributed by atoms with Crippen molar-refractivity contribution in [3.8, 4) is 0 Å². The molecule has 0 aliphatic carbocycles. The lowest BCUT2D eigenvalue weighted by atomic mass is 9.93. The zero-order valence-corrected chi connectivity index (χ0v) is 11.0. The third-order valence-corrected chi connectivity index (χ3v) is 3.76. The second-order valence-electron chi connectivity index (χ2n) is 4.76. The quantitative estimate of drug-likeness (QED) is 0.551. The summed E-state index contributed by atoms with van der Waals surface area (Å²) in [4.78, 5) is 0. The largest absolute Gasteiger partial charge is 0.0613 e. The van der Waals surface area contributed by atoms with E-state index in [4.69, 9.17) is 0 Å². The Balaban J connectivity index is 2.42. The van der Waals surface area contributed by atoms with Crippen molar-refractivity contribution in [1.82, 2.24) is 0 Å². The van der Waals surface area contributed by atoms with Gasteiger partial charge in [-0.2, -0.15) is 0 Å². The van der Waals surface area contributed by atoms with Gasteiger partial charge in [0.1, 0.15) is 0 Å². The fourth-order valence-corrected chi connectivity index (χ4v) is 2.81. The van der Waals surface area contributed by atoms with Crippen molar-refractivity contribution < 1.29 is 0 Å². The van der Waals surface area contributed by atoms with Crippen LogP contribution in [0.4, 0.5) is 0 Å². The molecule has 3 aromatic carbocycles. The molecule has 0 saturated heterocycles. The monoisotopic (exact) mass is 233 g/mol. The zero-order valence-electron chi connectivity index (χ0n) is 11.0. The molecule has 89 valence electrons. The van der Waals surface area contributed by atoms with Crippen molar-refractivity contribution in [1.29, 1.82) is 0 Å². The first-order valence-electron chi connectivity index (χ1n) is 6.67. The molecule has 3 aromatic rings. The lowest BCUT2D eigenvalue weighted by Crippen LogP contribution is -1.92. The smallest absolute Gasteiger partial charge is 0.0143 e. The Morgan fingerprint density at radius 2 is 1.78 bits per heavy atom. The summed E-state index contributed by atoms with van der Waals surface area (Å²) in [7, 11) is 0. The third-order valence-electron chi connectivity index (χ3n) is 3.76. The molecule has 0 saturated carbocycles. The lowest BCUT2D eigenvalue weighted by molar-refractivity contribution is 1.05. The van der Waals surface area contributed by atoms with Crippen LogP contribution in [-0.4, -0.2) is 0 Å². The molecular formula is C18H17. The van der Waals surface area contributed by atoms with Crippen LogP contribution in [0.15, 0.2) is 42.5 Å². The van der Waals surface area contributed by atoms with E-state index in [0.29, 0.717) is 0 Å². The molecule has 1 radical (unpaired) electrons. The first-order chi connectivity index (χ1) is 8.83. The predicted molar refractivity (Wildman–Crippen MR) is 79.0 cm³/mol. The molecule has 18 heavy (non-hydrogen) atoms. The average molecular weight is 233 g/mol. The van der Waals surface area contributed by atoms with Gasteiger partial charge in [0.05, 0.1) is 0 Å². The normalized spacial score (nSPS) is 11.2. The molecule has 0 nitrogen and oxygen atoms in total. The summed E-state index contributed by atoms with van der Waals surface area (Å²) >= 11 is 0. The molecule has 0 aliphatic rings. The highest BCUT2D eigenvalue weighted by Gasteiger charge is 2.06. The van der Waals surface area contributed by atoms with Crippen LogP contribution in [0.3, 0.4) is 0 Å². The minimum absolute atomic E-state index is 1.10. The number of fused-ring (bicyclic) bond motifs is 2. The van der Waals surface area contributed by atoms with Gasteiger partial charge >= 0.3 is 0 Å². The molecule has 0 aliphatic heterocycles. The Kier molecular flexibility index (Phi) is 2.79. The van der Waals surface area contributed by atoms with Gasteiger partial charge in [-0.25, -0.2) is 0 Å². The van der Waals surface area contributed by atoms with Gasteiger partial charge in [-0.1, -0.05) is 38.1 Å². The molecule has 3 rings (SSSR count). The molecule has 0 aromatic heterocycles. The topological polar surface area (TPSA) is 0 Å². The Bertz CT molecular complexity index is 708. The molecule has 0 bridgehead atoms. The third kappa shape index (κ3) is 1.69. The summed E-state index contributed by atoms with van der Waals surface area (Å²) in [6.45, 7) is 4.48. The maximum atomic E-state index is 3.15. The highest BCUT2D eigenvalue weighted by Crippen LogP contribution is 2.28. The second-order valence-corrected chi connectivity index (χ2v) is 4.76. The van der Waals surface area contributed by atoms with Crippen molar-refractivity contribution in [2.45, 2.75) is 26.7 Å². The second kappa shape index (κ2) is 4.45. The van der Waals surface area contributed by atoms with Crippen molar-refractivity contribution in [2.24, 2.45) is 0 Å². The van der Waals surface area contributed by atoms with Gasteiger partial charge in [0.25, 0.3) is 0 Å². The van der Waals surface area contributed by atoms with Crippen LogP contribution in [-0.2, 0) is 12.8 Å². The summed E-state index contributed by atoms with van der Waals surface area (Å²) in [6, 6.07) is 18.5. The molecule has 0 heteroatoms. The van der Waals surface area contributed by atoms with E-state index in [2.05, 4.69) is 56.3 Å². The first kappa shape index (κ1) is 11.3. The predicted octanol–water partition coefficient (Wildman–Crippen LogP) is 4.92. The van der Waals surface area contributed by atoms with Gasteiger partial charge in [0, 0.05) is 0 Å². The summed E-state index contributed by atoms with van der Waals surface area (Å²) in [6.07, 6.45) is 2.21. The molecule has 0 heterocycles. The average Bonchev–Trinajstić information content (AvgIpc) is 2.43. The van der Waals surface area contributed by atoms with Crippen LogP contribution in [0, 0.1) is 6.07 Å². The summed E-state index contributed by atoms with van der Waals surface area (Å²) in [5.41, 5.74) is 2.98. The molecule has 0 unspecified atom stereocenters. The van der Waals surface area contributed by atoms with E-state index in [1.165, 1.54) is 32.7 Å². The number of aryl methyl sites for hydroxylation is 2. The van der Waals surface area contributed by atoms with Crippen LogP contribution in [0.25, 0.3) is 21.5 Å². The summed E-state index contributed by atoms with van der Waals surface area (Å²) in [5, 5.41) is 5.34. The fourth-order valence-electron chi connectivity index (χ4n) is 2.81. The van der Waals surface area contributed by atoms with Gasteiger partial charge in [-0.05, 0) is 69.8 Å². The fraction of sp³-hybridized carbons (Fsp3) is 0.222. The van der Waals surface area contributed by atoms with Crippen molar-refractivity contribution >= 4 is 21.5 Å². The summed E-state index contributed by atoms with van der Waals surface area (Å²) in [5.74, 6) is 0. The number of rotatable bonds is 2. The van der Waals surface area contributed by atoms with Gasteiger partial charge in [0.2, 0.25) is 0 Å².